The zero-order chi connectivity index (χ0) is 19.0. The third-order valence-electron chi connectivity index (χ3n) is 4.64. The minimum atomic E-state index is -0.435. The van der Waals surface area contributed by atoms with E-state index in [0.29, 0.717) is 16.3 Å². The first kappa shape index (κ1) is 17.4. The molecule has 4 rings (SSSR count). The van der Waals surface area contributed by atoms with Gasteiger partial charge in [-0.2, -0.15) is 0 Å². The van der Waals surface area contributed by atoms with E-state index >= 15 is 0 Å². The zero-order valence-electron chi connectivity index (χ0n) is 14.8. The molecule has 5 nitrogen and oxygen atoms in total. The molecule has 0 radical (unpaired) electrons. The predicted octanol–water partition coefficient (Wildman–Crippen LogP) is 2.31. The monoisotopic (exact) mass is 378 g/mol. The van der Waals surface area contributed by atoms with Gasteiger partial charge >= 0.3 is 4.87 Å². The number of amides is 1. The number of aromatic nitrogens is 1. The highest BCUT2D eigenvalue weighted by atomic mass is 32.1. The first-order valence-corrected chi connectivity index (χ1v) is 9.68. The number of benzene rings is 2. The van der Waals surface area contributed by atoms with E-state index in [0.717, 1.165) is 30.6 Å². The van der Waals surface area contributed by atoms with Gasteiger partial charge < -0.3 is 5.11 Å². The molecule has 1 aliphatic heterocycles. The number of hydrogen-bond donors (Lipinski definition) is 1. The molecule has 1 aromatic heterocycles. The second-order valence-electron chi connectivity index (χ2n) is 6.44. The molecule has 0 saturated carbocycles. The molecule has 0 aliphatic carbocycles. The van der Waals surface area contributed by atoms with Crippen LogP contribution in [0.3, 0.4) is 0 Å². The van der Waals surface area contributed by atoms with Gasteiger partial charge in [-0.05, 0) is 36.6 Å². The summed E-state index contributed by atoms with van der Waals surface area (Å²) in [5, 5.41) is 11.9. The Morgan fingerprint density at radius 1 is 1.07 bits per heavy atom. The molecule has 0 spiro atoms. The van der Waals surface area contributed by atoms with Crippen LogP contribution in [0, 0.1) is 0 Å². The van der Waals surface area contributed by atoms with Gasteiger partial charge in [-0.15, -0.1) is 0 Å². The van der Waals surface area contributed by atoms with Gasteiger partial charge in [0.1, 0.15) is 4.88 Å². The lowest BCUT2D eigenvalue weighted by Crippen LogP contribution is -2.22. The summed E-state index contributed by atoms with van der Waals surface area (Å²) in [6.07, 6.45) is 3.21. The molecule has 1 N–H and O–H groups in total. The predicted molar refractivity (Wildman–Crippen MR) is 105 cm³/mol. The van der Waals surface area contributed by atoms with E-state index in [1.165, 1.54) is 10.1 Å². The Kier molecular flexibility index (Phi) is 4.49. The smallest absolute Gasteiger partial charge is 0.315 e. The molecule has 1 amide bonds. The van der Waals surface area contributed by atoms with E-state index < -0.39 is 5.91 Å². The van der Waals surface area contributed by atoms with Crippen molar-refractivity contribution in [2.24, 2.45) is 4.99 Å². The van der Waals surface area contributed by atoms with E-state index in [1.807, 2.05) is 24.3 Å². The van der Waals surface area contributed by atoms with Crippen LogP contribution < -0.4 is 15.4 Å². The van der Waals surface area contributed by atoms with Crippen LogP contribution in [0.5, 0.6) is 5.88 Å². The van der Waals surface area contributed by atoms with Crippen molar-refractivity contribution in [3.05, 3.63) is 79.2 Å². The number of rotatable bonds is 5. The second-order valence-corrected chi connectivity index (χ2v) is 7.40. The molecule has 1 aliphatic rings. The second kappa shape index (κ2) is 6.96. The Balaban J connectivity index is 1.82. The van der Waals surface area contributed by atoms with Gasteiger partial charge in [0, 0.05) is 5.22 Å². The average molecular weight is 378 g/mol. The number of hydrogen-bond acceptors (Lipinski definition) is 4. The maximum Gasteiger partial charge on any atom is 0.315 e. The van der Waals surface area contributed by atoms with Gasteiger partial charge in [-0.1, -0.05) is 55.0 Å². The minimum Gasteiger partial charge on any atom is -0.493 e. The van der Waals surface area contributed by atoms with Gasteiger partial charge in [-0.25, -0.2) is 9.56 Å². The highest BCUT2D eigenvalue weighted by molar-refractivity contribution is 7.11. The first-order chi connectivity index (χ1) is 13.1. The Labute approximate surface area is 159 Å². The molecule has 2 aromatic carbocycles. The number of nitrogens with zero attached hydrogens (tertiary/aromatic N) is 2. The lowest BCUT2D eigenvalue weighted by Gasteiger charge is -2.06. The summed E-state index contributed by atoms with van der Waals surface area (Å²) in [4.78, 5) is 28.9. The first-order valence-electron chi connectivity index (χ1n) is 8.87. The summed E-state index contributed by atoms with van der Waals surface area (Å²) < 4.78 is 1.24. The molecule has 0 unspecified atom stereocenters. The van der Waals surface area contributed by atoms with Crippen LogP contribution in [0.2, 0.25) is 0 Å². The van der Waals surface area contributed by atoms with E-state index in [2.05, 4.69) is 11.9 Å². The highest BCUT2D eigenvalue weighted by Gasteiger charge is 2.26. The minimum absolute atomic E-state index is 0.221. The van der Waals surface area contributed by atoms with Gasteiger partial charge in [-0.3, -0.25) is 9.59 Å². The molecule has 136 valence electrons. The molecular formula is C21H18N2O3S. The molecule has 3 aromatic rings. The maximum atomic E-state index is 12.6. The quantitative estimate of drug-likeness (QED) is 0.741. The van der Waals surface area contributed by atoms with Crippen LogP contribution in [0.15, 0.2) is 58.3 Å². The van der Waals surface area contributed by atoms with Crippen molar-refractivity contribution >= 4 is 22.8 Å². The Bertz CT molecular complexity index is 1200. The van der Waals surface area contributed by atoms with Gasteiger partial charge in [0.15, 0.2) is 0 Å². The van der Waals surface area contributed by atoms with Crippen molar-refractivity contribution in [3.8, 4) is 11.6 Å². The van der Waals surface area contributed by atoms with E-state index in [4.69, 9.17) is 0 Å². The van der Waals surface area contributed by atoms with Gasteiger partial charge in [0.05, 0.1) is 16.6 Å². The van der Waals surface area contributed by atoms with Crippen molar-refractivity contribution in [1.82, 2.24) is 4.57 Å². The van der Waals surface area contributed by atoms with Crippen LogP contribution in [0.25, 0.3) is 11.3 Å². The van der Waals surface area contributed by atoms with Crippen molar-refractivity contribution in [3.63, 3.8) is 0 Å². The lowest BCUT2D eigenvalue weighted by molar-refractivity contribution is -0.112. The summed E-state index contributed by atoms with van der Waals surface area (Å²) >= 11 is 0.858. The lowest BCUT2D eigenvalue weighted by atomic mass is 10.1. The van der Waals surface area contributed by atoms with Crippen molar-refractivity contribution < 1.29 is 9.90 Å². The summed E-state index contributed by atoms with van der Waals surface area (Å²) in [6.45, 7) is 2.14. The Hall–Kier alpha value is -2.99. The van der Waals surface area contributed by atoms with Crippen LogP contribution in [-0.4, -0.2) is 15.6 Å². The summed E-state index contributed by atoms with van der Waals surface area (Å²) in [5.41, 5.74) is 2.05. The number of fused-ring (bicyclic) bond motifs is 1. The van der Waals surface area contributed by atoms with Crippen LogP contribution in [0.1, 0.15) is 30.2 Å². The average Bonchev–Trinajstić information content (AvgIpc) is 3.15. The molecule has 6 heteroatoms. The van der Waals surface area contributed by atoms with Gasteiger partial charge in [0.25, 0.3) is 5.91 Å². The largest absolute Gasteiger partial charge is 0.493 e. The fraction of sp³-hybridized carbons (Fsp3) is 0.190. The summed E-state index contributed by atoms with van der Waals surface area (Å²) in [5.74, 6) is -0.656. The molecule has 0 atom stereocenters. The number of thiazole rings is 1. The zero-order valence-corrected chi connectivity index (χ0v) is 15.6. The number of aromatic hydroxyl groups is 1. The normalized spacial score (nSPS) is 12.9. The number of para-hydroxylation sites is 1. The number of carbonyl (C=O) groups excluding carboxylic acids is 1. The van der Waals surface area contributed by atoms with E-state index in [1.54, 1.807) is 24.3 Å². The molecule has 0 saturated heterocycles. The third-order valence-corrected chi connectivity index (χ3v) is 5.58. The highest BCUT2D eigenvalue weighted by Crippen LogP contribution is 2.30. The number of aryl methyl sites for hydroxylation is 1. The number of unbranched alkanes of at least 4 members (excludes halogenated alkanes) is 1. The Morgan fingerprint density at radius 3 is 2.56 bits per heavy atom. The Morgan fingerprint density at radius 2 is 1.81 bits per heavy atom. The van der Waals surface area contributed by atoms with Crippen LogP contribution in [-0.2, 0) is 11.2 Å². The fourth-order valence-electron chi connectivity index (χ4n) is 3.23. The van der Waals surface area contributed by atoms with Gasteiger partial charge in [0.2, 0.25) is 5.88 Å². The van der Waals surface area contributed by atoms with Crippen LogP contribution >= 0.6 is 11.3 Å². The van der Waals surface area contributed by atoms with Crippen molar-refractivity contribution in [2.45, 2.75) is 26.2 Å². The SMILES string of the molecule is CCCCc1ccc(-n2c(O)c(C3=c4ccccc4=NC3=O)sc2=O)cc1. The number of carbonyl (C=O) groups is 1. The topological polar surface area (TPSA) is 71.7 Å². The summed E-state index contributed by atoms with van der Waals surface area (Å²) in [7, 11) is 0. The van der Waals surface area contributed by atoms with E-state index in [-0.39, 0.29) is 21.2 Å². The van der Waals surface area contributed by atoms with Crippen molar-refractivity contribution in [1.29, 1.82) is 0 Å². The van der Waals surface area contributed by atoms with E-state index in [9.17, 15) is 14.7 Å². The molecule has 27 heavy (non-hydrogen) atoms. The maximum absolute atomic E-state index is 12.6. The standard InChI is InChI=1S/C21H18N2O3S/c1-2-3-6-13-9-11-14(12-10-13)23-20(25)18(27-21(23)26)17-15-7-4-5-8-16(15)22-19(17)24/h4-5,7-12,25H,2-3,6H2,1H3. The molecule has 2 heterocycles. The van der Waals surface area contributed by atoms with Crippen molar-refractivity contribution in [2.75, 3.05) is 0 Å². The molecule has 0 fully saturated rings. The van der Waals surface area contributed by atoms with Crippen LogP contribution in [0.4, 0.5) is 0 Å². The fourth-order valence-corrected chi connectivity index (χ4v) is 4.17. The third kappa shape index (κ3) is 3.02. The molecular weight excluding hydrogens is 360 g/mol. The molecule has 0 bridgehead atoms. The summed E-state index contributed by atoms with van der Waals surface area (Å²) in [6, 6.07) is 14.7.